The normalized spacial score (nSPS) is 0. The van der Waals surface area contributed by atoms with Gasteiger partial charge in [0.15, 0.2) is 17.4 Å². The molecule has 0 amide bonds. The van der Waals surface area contributed by atoms with Crippen molar-refractivity contribution in [3.63, 3.8) is 0 Å². The Labute approximate surface area is 90.6 Å². The van der Waals surface area contributed by atoms with Crippen molar-refractivity contribution < 1.29 is 27.6 Å². The zero-order valence-electron chi connectivity index (χ0n) is 7.41. The maximum atomic E-state index is 0. The van der Waals surface area contributed by atoms with E-state index in [1.807, 2.05) is 0 Å². The van der Waals surface area contributed by atoms with Crippen LogP contribution in [0.4, 0.5) is 0 Å². The summed E-state index contributed by atoms with van der Waals surface area (Å²) in [5.41, 5.74) is 0. The Morgan fingerprint density at radius 2 is 0.571 bits per heavy atom. The zero-order chi connectivity index (χ0) is 0. The fourth-order valence-electron chi connectivity index (χ4n) is 0. The van der Waals surface area contributed by atoms with Gasteiger partial charge in [0.2, 0.25) is 0 Å². The summed E-state index contributed by atoms with van der Waals surface area (Å²) in [4.78, 5) is 0. The zero-order valence-corrected chi connectivity index (χ0v) is 6.24. The third kappa shape index (κ3) is 76.0. The van der Waals surface area contributed by atoms with Crippen LogP contribution in [0.5, 0.6) is 0 Å². The Morgan fingerprint density at radius 3 is 0.571 bits per heavy atom. The molecule has 0 bridgehead atoms. The van der Waals surface area contributed by atoms with E-state index in [2.05, 4.69) is 0 Å². The van der Waals surface area contributed by atoms with Gasteiger partial charge in [0.1, 0.15) is 0 Å². The number of hydrogen-bond donors (Lipinski definition) is 0. The molecule has 0 heterocycles. The summed E-state index contributed by atoms with van der Waals surface area (Å²) in [5.74, 6) is 0. The first-order valence-electron chi connectivity index (χ1n) is 0. The van der Waals surface area contributed by atoms with Gasteiger partial charge in [-0.05, 0) is 0 Å². The van der Waals surface area contributed by atoms with Crippen LogP contribution in [0.15, 0.2) is 0 Å². The van der Waals surface area contributed by atoms with E-state index in [-0.39, 0.29) is 91.1 Å². The molecule has 0 aromatic rings. The summed E-state index contributed by atoms with van der Waals surface area (Å²) < 4.78 is 0. The first-order chi connectivity index (χ1) is 0. The molecule has 0 aliphatic heterocycles. The standard InChI is InChI=1S/Al.2Mg.4H2O.7H/h;;;4*1H2;;;;;;;/q;2*+2;;;;;;;;4*-1. The fraction of sp³-hybridized carbons (Fsp3) is 0. The van der Waals surface area contributed by atoms with Crippen LogP contribution in [0.2, 0.25) is 0 Å². The van der Waals surface area contributed by atoms with Crippen LogP contribution in [0, 0.1) is 0 Å². The molecule has 0 fully saturated rings. The van der Waals surface area contributed by atoms with Gasteiger partial charge in [0, 0.05) is 0 Å². The van der Waals surface area contributed by atoms with Gasteiger partial charge in [-0.3, -0.25) is 0 Å². The Kier molecular flexibility index (Phi) is 2280. The minimum Gasteiger partial charge on any atom is -1.00 e. The summed E-state index contributed by atoms with van der Waals surface area (Å²) in [6, 6.07) is 0. The first-order valence-corrected chi connectivity index (χ1v) is 0. The van der Waals surface area contributed by atoms with Crippen LogP contribution in [-0.2, 0) is 0 Å². The molecule has 0 aromatic carbocycles. The molecule has 0 saturated carbocycles. The van der Waals surface area contributed by atoms with Crippen molar-refractivity contribution in [1.82, 2.24) is 0 Å². The van der Waals surface area contributed by atoms with Gasteiger partial charge in [0.25, 0.3) is 0 Å². The molecule has 0 saturated heterocycles. The van der Waals surface area contributed by atoms with Crippen LogP contribution >= 0.6 is 0 Å². The van der Waals surface area contributed by atoms with Crippen molar-refractivity contribution in [3.05, 3.63) is 0 Å². The summed E-state index contributed by atoms with van der Waals surface area (Å²) in [5, 5.41) is 0. The second-order valence-corrected chi connectivity index (χ2v) is 0. The second kappa shape index (κ2) is 104. The Morgan fingerprint density at radius 1 is 0.571 bits per heavy atom. The van der Waals surface area contributed by atoms with Crippen LogP contribution in [0.3, 0.4) is 0 Å². The number of rotatable bonds is 0. The minimum atomic E-state index is 0. The van der Waals surface area contributed by atoms with Gasteiger partial charge < -0.3 is 27.6 Å². The van der Waals surface area contributed by atoms with Gasteiger partial charge in [-0.25, -0.2) is 0 Å². The Bertz CT molecular complexity index is 20.1. The minimum absolute atomic E-state index is 0. The molecule has 0 unspecified atom stereocenters. The monoisotopic (exact) mass is 154 g/mol. The molecule has 0 aliphatic carbocycles. The molecule has 0 radical (unpaired) electrons. The van der Waals surface area contributed by atoms with Crippen LogP contribution < -0.4 is 0 Å². The maximum Gasteiger partial charge on any atom is 2.00 e. The Balaban J connectivity index is 0. The van der Waals surface area contributed by atoms with E-state index in [0.29, 0.717) is 0 Å². The molecule has 7 heteroatoms. The van der Waals surface area contributed by atoms with Crippen LogP contribution in [0.25, 0.3) is 0 Å². The summed E-state index contributed by atoms with van der Waals surface area (Å²) in [6.07, 6.45) is 0. The van der Waals surface area contributed by atoms with Gasteiger partial charge in [0.05, 0.1) is 0 Å². The molecule has 4 nitrogen and oxygen atoms in total. The predicted octanol–water partition coefficient (Wildman–Crippen LogP) is -4.79. The SMILES string of the molecule is O.O.O.O.[AlH3].[H-].[H-].[H-].[H-].[Mg+2].[Mg+2]. The average molecular weight is 155 g/mol. The quantitative estimate of drug-likeness (QED) is 0.311. The molecule has 8 N–H and O–H groups in total. The van der Waals surface area contributed by atoms with Gasteiger partial charge in [-0.15, -0.1) is 0 Å². The van der Waals surface area contributed by atoms with Gasteiger partial charge >= 0.3 is 46.1 Å². The van der Waals surface area contributed by atoms with Crippen molar-refractivity contribution in [3.8, 4) is 0 Å². The molecule has 0 aliphatic rings. The third-order valence-corrected chi connectivity index (χ3v) is 0. The van der Waals surface area contributed by atoms with E-state index in [1.165, 1.54) is 0 Å². The summed E-state index contributed by atoms with van der Waals surface area (Å²) in [7, 11) is 0. The largest absolute Gasteiger partial charge is 2.00 e. The molecule has 0 aromatic heterocycles. The Hall–Kier alpha value is 1.90. The van der Waals surface area contributed by atoms with Crippen molar-refractivity contribution in [2.75, 3.05) is 0 Å². The molecular weight excluding hydrogens is 140 g/mol. The van der Waals surface area contributed by atoms with E-state index in [0.717, 1.165) is 0 Å². The second-order valence-electron chi connectivity index (χ2n) is 0. The van der Waals surface area contributed by atoms with Crippen LogP contribution in [0.1, 0.15) is 5.71 Å². The molecule has 0 rings (SSSR count). The van der Waals surface area contributed by atoms with Gasteiger partial charge in [-0.1, -0.05) is 0 Å². The van der Waals surface area contributed by atoms with Crippen molar-refractivity contribution >= 4 is 63.5 Å². The van der Waals surface area contributed by atoms with E-state index in [1.54, 1.807) is 0 Å². The maximum absolute atomic E-state index is 0. The average Bonchev–Trinajstić information content (AvgIpc) is 0. The predicted molar refractivity (Wildman–Crippen MR) is 40.4 cm³/mol. The van der Waals surface area contributed by atoms with E-state index in [4.69, 9.17) is 0 Å². The van der Waals surface area contributed by atoms with Crippen molar-refractivity contribution in [2.24, 2.45) is 0 Å². The first kappa shape index (κ1) is 153. The third-order valence-electron chi connectivity index (χ3n) is 0. The summed E-state index contributed by atoms with van der Waals surface area (Å²) >= 11 is 0. The van der Waals surface area contributed by atoms with E-state index >= 15 is 0 Å². The van der Waals surface area contributed by atoms with Crippen molar-refractivity contribution in [2.45, 2.75) is 0 Å². The molecule has 46 valence electrons. The summed E-state index contributed by atoms with van der Waals surface area (Å²) in [6.45, 7) is 0. The molecular formula is H15AlMg2O4. The molecule has 0 atom stereocenters. The van der Waals surface area contributed by atoms with Crippen molar-refractivity contribution in [1.29, 1.82) is 0 Å². The van der Waals surface area contributed by atoms with Crippen LogP contribution in [-0.4, -0.2) is 85.4 Å². The number of hydrogen-bond acceptors (Lipinski definition) is 0. The molecule has 7 heavy (non-hydrogen) atoms. The molecule has 0 spiro atoms. The smallest absolute Gasteiger partial charge is 1.00 e. The topological polar surface area (TPSA) is 126 Å². The fourth-order valence-corrected chi connectivity index (χ4v) is 0. The van der Waals surface area contributed by atoms with Gasteiger partial charge in [-0.2, -0.15) is 0 Å². The van der Waals surface area contributed by atoms with E-state index < -0.39 is 0 Å². The van der Waals surface area contributed by atoms with E-state index in [9.17, 15) is 0 Å².